The minimum atomic E-state index is -0.407. The lowest BCUT2D eigenvalue weighted by Gasteiger charge is -2.36. The summed E-state index contributed by atoms with van der Waals surface area (Å²) >= 11 is 0. The van der Waals surface area contributed by atoms with Crippen LogP contribution in [0.4, 0.5) is 0 Å². The molecule has 1 aromatic rings. The summed E-state index contributed by atoms with van der Waals surface area (Å²) in [6.07, 6.45) is 2.42. The smallest absolute Gasteiger partial charge is 0.312 e. The standard InChI is InChI=1S/C20H26N2O5.CH2O2/c1-21(2)12-15-11-20(19(24)27-15)5-7-22(8-6-20)18(23)10-14-3-4-16-17(9-14)26-13-25-16;2-1-3/h3-4,9,15H,5-8,10-13H2,1-2H3;1H,(H,2,3). The molecule has 1 atom stereocenters. The molecule has 0 aliphatic carbocycles. The van der Waals surface area contributed by atoms with Crippen molar-refractivity contribution in [3.8, 4) is 11.5 Å². The van der Waals surface area contributed by atoms with Crippen LogP contribution in [0.25, 0.3) is 0 Å². The Kier molecular flexibility index (Phi) is 6.81. The molecule has 1 aromatic carbocycles. The molecule has 0 bridgehead atoms. The summed E-state index contributed by atoms with van der Waals surface area (Å²) in [6, 6.07) is 5.61. The highest BCUT2D eigenvalue weighted by Crippen LogP contribution is 2.43. The van der Waals surface area contributed by atoms with Crippen molar-refractivity contribution in [2.24, 2.45) is 5.41 Å². The second-order valence-corrected chi connectivity index (χ2v) is 8.12. The number of fused-ring (bicyclic) bond motifs is 1. The summed E-state index contributed by atoms with van der Waals surface area (Å²) in [5, 5.41) is 6.89. The summed E-state index contributed by atoms with van der Waals surface area (Å²) in [6.45, 7) is 1.94. The third kappa shape index (κ3) is 4.84. The topological polar surface area (TPSA) is 106 Å². The first-order valence-corrected chi connectivity index (χ1v) is 9.97. The predicted molar refractivity (Wildman–Crippen MR) is 106 cm³/mol. The minimum absolute atomic E-state index is 0.0385. The number of ether oxygens (including phenoxy) is 3. The molecule has 1 unspecified atom stereocenters. The van der Waals surface area contributed by atoms with Crippen molar-refractivity contribution in [1.29, 1.82) is 0 Å². The van der Waals surface area contributed by atoms with Gasteiger partial charge in [-0.1, -0.05) is 6.07 Å². The summed E-state index contributed by atoms with van der Waals surface area (Å²) in [4.78, 5) is 37.4. The molecule has 3 aliphatic heterocycles. The van der Waals surface area contributed by atoms with Gasteiger partial charge < -0.3 is 29.1 Å². The lowest BCUT2D eigenvalue weighted by Crippen LogP contribution is -2.45. The molecular formula is C21H28N2O7. The Morgan fingerprint density at radius 2 is 1.93 bits per heavy atom. The molecule has 3 aliphatic rings. The number of hydrogen-bond donors (Lipinski definition) is 1. The van der Waals surface area contributed by atoms with Crippen LogP contribution in [-0.2, 0) is 25.5 Å². The van der Waals surface area contributed by atoms with Crippen LogP contribution in [0.1, 0.15) is 24.8 Å². The van der Waals surface area contributed by atoms with Gasteiger partial charge in [0.05, 0.1) is 11.8 Å². The van der Waals surface area contributed by atoms with Crippen LogP contribution in [0.2, 0.25) is 0 Å². The average molecular weight is 420 g/mol. The number of piperidine rings is 1. The largest absolute Gasteiger partial charge is 0.483 e. The SMILES string of the molecule is CN(C)CC1CC2(CCN(C(=O)Cc3ccc4c(c3)OCO4)CC2)C(=O)O1.O=CO. The Hall–Kier alpha value is -2.81. The Morgan fingerprint density at radius 1 is 1.27 bits per heavy atom. The van der Waals surface area contributed by atoms with Gasteiger partial charge in [-0.15, -0.1) is 0 Å². The van der Waals surface area contributed by atoms with Gasteiger partial charge in [0.15, 0.2) is 11.5 Å². The maximum Gasteiger partial charge on any atom is 0.312 e. The first kappa shape index (κ1) is 21.9. The van der Waals surface area contributed by atoms with E-state index in [1.54, 1.807) is 0 Å². The van der Waals surface area contributed by atoms with E-state index in [2.05, 4.69) is 0 Å². The molecule has 1 amide bonds. The van der Waals surface area contributed by atoms with E-state index in [-0.39, 0.29) is 31.2 Å². The van der Waals surface area contributed by atoms with Gasteiger partial charge in [0, 0.05) is 26.1 Å². The number of benzene rings is 1. The van der Waals surface area contributed by atoms with Crippen LogP contribution in [0.3, 0.4) is 0 Å². The van der Waals surface area contributed by atoms with E-state index in [9.17, 15) is 9.59 Å². The van der Waals surface area contributed by atoms with Gasteiger partial charge in [0.2, 0.25) is 12.7 Å². The first-order valence-electron chi connectivity index (χ1n) is 9.97. The Balaban J connectivity index is 0.000000806. The molecule has 3 heterocycles. The fraction of sp³-hybridized carbons (Fsp3) is 0.571. The molecule has 30 heavy (non-hydrogen) atoms. The number of amides is 1. The number of esters is 1. The summed E-state index contributed by atoms with van der Waals surface area (Å²) in [5.74, 6) is 1.41. The first-order chi connectivity index (χ1) is 14.4. The average Bonchev–Trinajstić information content (AvgIpc) is 3.27. The number of carbonyl (C=O) groups excluding carboxylic acids is 2. The van der Waals surface area contributed by atoms with Gasteiger partial charge in [-0.05, 0) is 44.6 Å². The lowest BCUT2D eigenvalue weighted by molar-refractivity contribution is -0.152. The van der Waals surface area contributed by atoms with Crippen LogP contribution in [0, 0.1) is 5.41 Å². The van der Waals surface area contributed by atoms with Gasteiger partial charge >= 0.3 is 5.97 Å². The number of carbonyl (C=O) groups is 3. The Labute approximate surface area is 175 Å². The van der Waals surface area contributed by atoms with Gasteiger partial charge in [-0.25, -0.2) is 0 Å². The zero-order valence-corrected chi connectivity index (χ0v) is 17.3. The van der Waals surface area contributed by atoms with E-state index in [4.69, 9.17) is 24.1 Å². The van der Waals surface area contributed by atoms with E-state index in [1.807, 2.05) is 42.1 Å². The zero-order valence-electron chi connectivity index (χ0n) is 17.3. The number of likely N-dealkylation sites (N-methyl/N-ethyl adjacent to an activating group) is 1. The van der Waals surface area contributed by atoms with Gasteiger partial charge in [-0.3, -0.25) is 14.4 Å². The number of cyclic esters (lactones) is 1. The quantitative estimate of drug-likeness (QED) is 0.571. The molecule has 9 nitrogen and oxygen atoms in total. The second-order valence-electron chi connectivity index (χ2n) is 8.12. The van der Waals surface area contributed by atoms with Crippen molar-refractivity contribution in [3.63, 3.8) is 0 Å². The molecule has 2 fully saturated rings. The monoisotopic (exact) mass is 420 g/mol. The van der Waals surface area contributed by atoms with Crippen LogP contribution in [-0.4, -0.2) is 79.9 Å². The van der Waals surface area contributed by atoms with Gasteiger partial charge in [0.25, 0.3) is 6.47 Å². The number of carboxylic acid groups (broad SMARTS) is 1. The molecule has 4 rings (SSSR count). The fourth-order valence-corrected chi connectivity index (χ4v) is 4.28. The highest BCUT2D eigenvalue weighted by Gasteiger charge is 2.50. The summed E-state index contributed by atoms with van der Waals surface area (Å²) in [7, 11) is 3.96. The van der Waals surface area contributed by atoms with Crippen LogP contribution >= 0.6 is 0 Å². The van der Waals surface area contributed by atoms with E-state index >= 15 is 0 Å². The molecule has 1 spiro atoms. The minimum Gasteiger partial charge on any atom is -0.483 e. The van der Waals surface area contributed by atoms with Crippen LogP contribution in [0.5, 0.6) is 11.5 Å². The number of likely N-dealkylation sites (tertiary alicyclic amines) is 1. The fourth-order valence-electron chi connectivity index (χ4n) is 4.28. The molecule has 0 aromatic heterocycles. The van der Waals surface area contributed by atoms with E-state index < -0.39 is 5.41 Å². The molecular weight excluding hydrogens is 392 g/mol. The van der Waals surface area contributed by atoms with Crippen molar-refractivity contribution in [1.82, 2.24) is 9.80 Å². The summed E-state index contributed by atoms with van der Waals surface area (Å²) < 4.78 is 16.3. The van der Waals surface area contributed by atoms with Crippen molar-refractivity contribution in [2.75, 3.05) is 40.5 Å². The highest BCUT2D eigenvalue weighted by molar-refractivity contribution is 5.81. The van der Waals surface area contributed by atoms with E-state index in [0.29, 0.717) is 38.1 Å². The Morgan fingerprint density at radius 3 is 2.60 bits per heavy atom. The third-order valence-electron chi connectivity index (χ3n) is 5.76. The van der Waals surface area contributed by atoms with E-state index in [1.165, 1.54) is 0 Å². The van der Waals surface area contributed by atoms with Gasteiger partial charge in [0.1, 0.15) is 6.10 Å². The van der Waals surface area contributed by atoms with Crippen molar-refractivity contribution < 1.29 is 33.7 Å². The molecule has 9 heteroatoms. The predicted octanol–water partition coefficient (Wildman–Crippen LogP) is 1.14. The second kappa shape index (κ2) is 9.34. The molecule has 0 saturated carbocycles. The number of hydrogen-bond acceptors (Lipinski definition) is 7. The summed E-state index contributed by atoms with van der Waals surface area (Å²) in [5.41, 5.74) is 0.506. The molecule has 2 saturated heterocycles. The zero-order chi connectivity index (χ0) is 21.7. The highest BCUT2D eigenvalue weighted by atomic mass is 16.7. The maximum atomic E-state index is 12.7. The van der Waals surface area contributed by atoms with E-state index in [0.717, 1.165) is 24.3 Å². The van der Waals surface area contributed by atoms with Crippen molar-refractivity contribution in [3.05, 3.63) is 23.8 Å². The third-order valence-corrected chi connectivity index (χ3v) is 5.76. The molecule has 164 valence electrons. The van der Waals surface area contributed by atoms with Crippen molar-refractivity contribution in [2.45, 2.75) is 31.8 Å². The maximum absolute atomic E-state index is 12.7. The van der Waals surface area contributed by atoms with Crippen LogP contribution in [0.15, 0.2) is 18.2 Å². The van der Waals surface area contributed by atoms with Gasteiger partial charge in [-0.2, -0.15) is 0 Å². The Bertz CT molecular complexity index is 788. The van der Waals surface area contributed by atoms with Crippen LogP contribution < -0.4 is 9.47 Å². The molecule has 1 N–H and O–H groups in total. The number of rotatable bonds is 4. The lowest BCUT2D eigenvalue weighted by atomic mass is 9.76. The molecule has 0 radical (unpaired) electrons. The normalized spacial score (nSPS) is 21.2. The van der Waals surface area contributed by atoms with Crippen molar-refractivity contribution >= 4 is 18.3 Å². The number of nitrogens with zero attached hydrogens (tertiary/aromatic N) is 2.